The van der Waals surface area contributed by atoms with Gasteiger partial charge in [0.2, 0.25) is 0 Å². The predicted molar refractivity (Wildman–Crippen MR) is 124 cm³/mol. The van der Waals surface area contributed by atoms with Gasteiger partial charge in [0.1, 0.15) is 11.5 Å². The van der Waals surface area contributed by atoms with Crippen LogP contribution in [0, 0.1) is 11.7 Å². The van der Waals surface area contributed by atoms with E-state index in [1.54, 1.807) is 30.1 Å². The van der Waals surface area contributed by atoms with Gasteiger partial charge in [-0.15, -0.1) is 0 Å². The number of hydrogen-bond donors (Lipinski definition) is 1. The SMILES string of the molecule is CN(CCSc1ncc(C(=O)Nc2ccc(F)cc2)n1-c1ccc(Cl)cc1)CC1CC1. The maximum atomic E-state index is 13.2. The predicted octanol–water partition coefficient (Wildman–Crippen LogP) is 5.35. The number of hydrogen-bond acceptors (Lipinski definition) is 4. The molecule has 0 radical (unpaired) electrons. The molecule has 1 amide bonds. The van der Waals surface area contributed by atoms with Gasteiger partial charge in [0.05, 0.1) is 6.20 Å². The van der Waals surface area contributed by atoms with E-state index in [1.165, 1.54) is 37.1 Å². The summed E-state index contributed by atoms with van der Waals surface area (Å²) in [6.45, 7) is 2.09. The van der Waals surface area contributed by atoms with Gasteiger partial charge in [0.25, 0.3) is 5.91 Å². The van der Waals surface area contributed by atoms with E-state index in [2.05, 4.69) is 22.2 Å². The molecule has 0 bridgehead atoms. The number of amides is 1. The molecule has 5 nitrogen and oxygen atoms in total. The maximum Gasteiger partial charge on any atom is 0.274 e. The first-order chi connectivity index (χ1) is 15.0. The molecule has 1 aromatic heterocycles. The van der Waals surface area contributed by atoms with Crippen molar-refractivity contribution in [1.82, 2.24) is 14.5 Å². The lowest BCUT2D eigenvalue weighted by Crippen LogP contribution is -2.23. The van der Waals surface area contributed by atoms with E-state index < -0.39 is 0 Å². The molecule has 1 saturated carbocycles. The van der Waals surface area contributed by atoms with Gasteiger partial charge in [-0.3, -0.25) is 9.36 Å². The molecule has 2 aromatic carbocycles. The fourth-order valence-corrected chi connectivity index (χ4v) is 4.46. The van der Waals surface area contributed by atoms with Crippen LogP contribution in [0.4, 0.5) is 10.1 Å². The van der Waals surface area contributed by atoms with E-state index in [0.29, 0.717) is 16.4 Å². The van der Waals surface area contributed by atoms with Crippen molar-refractivity contribution < 1.29 is 9.18 Å². The molecule has 0 aliphatic heterocycles. The summed E-state index contributed by atoms with van der Waals surface area (Å²) in [7, 11) is 2.14. The van der Waals surface area contributed by atoms with Crippen LogP contribution in [-0.2, 0) is 0 Å². The molecule has 1 fully saturated rings. The Morgan fingerprint density at radius 3 is 2.61 bits per heavy atom. The van der Waals surface area contributed by atoms with Crippen molar-refractivity contribution in [2.45, 2.75) is 18.0 Å². The van der Waals surface area contributed by atoms with Crippen molar-refractivity contribution in [3.8, 4) is 5.69 Å². The number of carbonyl (C=O) groups is 1. The lowest BCUT2D eigenvalue weighted by molar-refractivity contribution is 0.102. The topological polar surface area (TPSA) is 50.2 Å². The molecule has 31 heavy (non-hydrogen) atoms. The Hall–Kier alpha value is -2.35. The summed E-state index contributed by atoms with van der Waals surface area (Å²) in [5.41, 5.74) is 1.73. The van der Waals surface area contributed by atoms with Crippen LogP contribution in [0.5, 0.6) is 0 Å². The first-order valence-electron chi connectivity index (χ1n) is 10.2. The second kappa shape index (κ2) is 9.85. The number of benzene rings is 2. The van der Waals surface area contributed by atoms with Gasteiger partial charge in [-0.05, 0) is 74.3 Å². The highest BCUT2D eigenvalue weighted by Gasteiger charge is 2.23. The van der Waals surface area contributed by atoms with Crippen LogP contribution in [0.2, 0.25) is 5.02 Å². The zero-order valence-electron chi connectivity index (χ0n) is 17.2. The fourth-order valence-electron chi connectivity index (χ4n) is 3.29. The normalized spacial score (nSPS) is 13.5. The lowest BCUT2D eigenvalue weighted by atomic mass is 10.3. The molecule has 8 heteroatoms. The van der Waals surface area contributed by atoms with Gasteiger partial charge in [-0.1, -0.05) is 23.4 Å². The molecule has 3 aromatic rings. The maximum absolute atomic E-state index is 13.2. The van der Waals surface area contributed by atoms with E-state index in [9.17, 15) is 9.18 Å². The van der Waals surface area contributed by atoms with E-state index in [1.807, 2.05) is 16.7 Å². The smallest absolute Gasteiger partial charge is 0.274 e. The Morgan fingerprint density at radius 1 is 1.23 bits per heavy atom. The molecule has 1 aliphatic carbocycles. The molecule has 1 N–H and O–H groups in total. The third kappa shape index (κ3) is 5.87. The van der Waals surface area contributed by atoms with Crippen LogP contribution in [0.1, 0.15) is 23.3 Å². The summed E-state index contributed by atoms with van der Waals surface area (Å²) in [4.78, 5) is 19.8. The van der Waals surface area contributed by atoms with Crippen LogP contribution in [0.25, 0.3) is 5.69 Å². The van der Waals surface area contributed by atoms with Crippen LogP contribution in [-0.4, -0.2) is 46.2 Å². The highest BCUT2D eigenvalue weighted by Crippen LogP contribution is 2.30. The van der Waals surface area contributed by atoms with Crippen LogP contribution >= 0.6 is 23.4 Å². The zero-order chi connectivity index (χ0) is 21.8. The van der Waals surface area contributed by atoms with Gasteiger partial charge >= 0.3 is 0 Å². The molecule has 0 unspecified atom stereocenters. The van der Waals surface area contributed by atoms with Crippen molar-refractivity contribution in [1.29, 1.82) is 0 Å². The summed E-state index contributed by atoms with van der Waals surface area (Å²) in [5, 5.41) is 4.18. The Morgan fingerprint density at radius 2 is 1.94 bits per heavy atom. The Balaban J connectivity index is 1.53. The van der Waals surface area contributed by atoms with Gasteiger partial charge in [-0.2, -0.15) is 0 Å². The molecule has 4 rings (SSSR count). The Bertz CT molecular complexity index is 1030. The van der Waals surface area contributed by atoms with Crippen molar-refractivity contribution in [2.24, 2.45) is 5.92 Å². The number of aromatic nitrogens is 2. The van der Waals surface area contributed by atoms with Crippen molar-refractivity contribution in [2.75, 3.05) is 31.2 Å². The summed E-state index contributed by atoms with van der Waals surface area (Å²) < 4.78 is 15.0. The molecule has 1 heterocycles. The van der Waals surface area contributed by atoms with Gasteiger partial charge in [-0.25, -0.2) is 9.37 Å². The number of nitrogens with zero attached hydrogens (tertiary/aromatic N) is 3. The highest BCUT2D eigenvalue weighted by atomic mass is 35.5. The zero-order valence-corrected chi connectivity index (χ0v) is 18.8. The second-order valence-corrected chi connectivity index (χ2v) is 9.25. The number of halogens is 2. The standard InChI is InChI=1S/C23H24ClFN4OS/c1-28(15-16-2-3-16)12-13-31-23-26-14-21(29(23)20-10-4-17(24)5-11-20)22(30)27-19-8-6-18(25)7-9-19/h4-11,14,16H,2-3,12-13,15H2,1H3,(H,27,30). The minimum absolute atomic E-state index is 0.313. The Kier molecular flexibility index (Phi) is 6.95. The van der Waals surface area contributed by atoms with E-state index in [4.69, 9.17) is 11.6 Å². The van der Waals surface area contributed by atoms with Crippen molar-refractivity contribution in [3.05, 3.63) is 71.3 Å². The molecule has 162 valence electrons. The van der Waals surface area contributed by atoms with Gasteiger partial charge < -0.3 is 10.2 Å². The molecule has 0 saturated heterocycles. The minimum Gasteiger partial charge on any atom is -0.321 e. The van der Waals surface area contributed by atoms with E-state index >= 15 is 0 Å². The molecule has 0 atom stereocenters. The highest BCUT2D eigenvalue weighted by molar-refractivity contribution is 7.99. The first kappa shape index (κ1) is 21.9. The lowest BCUT2D eigenvalue weighted by Gasteiger charge is -2.16. The summed E-state index contributed by atoms with van der Waals surface area (Å²) >= 11 is 7.67. The monoisotopic (exact) mass is 458 g/mol. The van der Waals surface area contributed by atoms with Gasteiger partial charge in [0, 0.05) is 35.2 Å². The van der Waals surface area contributed by atoms with Crippen molar-refractivity contribution in [3.63, 3.8) is 0 Å². The summed E-state index contributed by atoms with van der Waals surface area (Å²) in [5.74, 6) is 1.06. The quantitative estimate of drug-likeness (QED) is 0.439. The van der Waals surface area contributed by atoms with Crippen LogP contribution < -0.4 is 5.32 Å². The number of carbonyl (C=O) groups excluding carboxylic acids is 1. The number of anilines is 1. The molecular formula is C23H24ClFN4OS. The van der Waals surface area contributed by atoms with E-state index in [-0.39, 0.29) is 11.7 Å². The molecule has 0 spiro atoms. The minimum atomic E-state index is -0.352. The number of rotatable bonds is 9. The fraction of sp³-hybridized carbons (Fsp3) is 0.304. The number of nitrogens with one attached hydrogen (secondary N) is 1. The van der Waals surface area contributed by atoms with Crippen LogP contribution in [0.3, 0.4) is 0 Å². The molecule has 1 aliphatic rings. The Labute approximate surface area is 190 Å². The molecular weight excluding hydrogens is 435 g/mol. The third-order valence-corrected chi connectivity index (χ3v) is 6.30. The average Bonchev–Trinajstić information content (AvgIpc) is 3.46. The summed E-state index contributed by atoms with van der Waals surface area (Å²) in [6, 6.07) is 13.0. The van der Waals surface area contributed by atoms with Crippen molar-refractivity contribution >= 4 is 35.0 Å². The van der Waals surface area contributed by atoms with Gasteiger partial charge in [0.15, 0.2) is 5.16 Å². The largest absolute Gasteiger partial charge is 0.321 e. The van der Waals surface area contributed by atoms with Crippen LogP contribution in [0.15, 0.2) is 59.9 Å². The first-order valence-corrected chi connectivity index (χ1v) is 11.6. The second-order valence-electron chi connectivity index (χ2n) is 7.75. The van der Waals surface area contributed by atoms with E-state index in [0.717, 1.165) is 35.6 Å². The average molecular weight is 459 g/mol. The third-order valence-electron chi connectivity index (χ3n) is 5.12. The summed E-state index contributed by atoms with van der Waals surface area (Å²) in [6.07, 6.45) is 4.25. The number of thioether (sulfide) groups is 1. The number of imidazole rings is 1.